The molecule has 0 aliphatic heterocycles. The van der Waals surface area contributed by atoms with Crippen LogP contribution >= 0.6 is 12.4 Å². The minimum absolute atomic E-state index is 0. The minimum Gasteiger partial charge on any atom is -0.496 e. The number of nitrogens with two attached hydrogens (primary N) is 1. The maximum absolute atomic E-state index is 12.3. The van der Waals surface area contributed by atoms with Crippen LogP contribution in [0.2, 0.25) is 0 Å². The van der Waals surface area contributed by atoms with Gasteiger partial charge in [0.05, 0.1) is 25.4 Å². The van der Waals surface area contributed by atoms with Gasteiger partial charge >= 0.3 is 0 Å². The fourth-order valence-electron chi connectivity index (χ4n) is 2.28. The number of likely N-dealkylation sites (N-methyl/N-ethyl adjacent to an activating group) is 1. The van der Waals surface area contributed by atoms with Gasteiger partial charge in [-0.2, -0.15) is 0 Å². The summed E-state index contributed by atoms with van der Waals surface area (Å²) in [6, 6.07) is -0.465. The van der Waals surface area contributed by atoms with Gasteiger partial charge in [-0.25, -0.2) is 0 Å². The van der Waals surface area contributed by atoms with E-state index in [2.05, 4.69) is 4.98 Å². The first-order chi connectivity index (χ1) is 9.83. The average Bonchev–Trinajstić information content (AvgIpc) is 2.48. The summed E-state index contributed by atoms with van der Waals surface area (Å²) in [5.74, 6) is 0.943. The van der Waals surface area contributed by atoms with Crippen molar-refractivity contribution >= 4 is 18.3 Å². The smallest absolute Gasteiger partial charge is 0.239 e. The number of rotatable bonds is 6. The highest BCUT2D eigenvalue weighted by molar-refractivity contribution is 5.85. The van der Waals surface area contributed by atoms with Gasteiger partial charge in [0.1, 0.15) is 5.75 Å². The van der Waals surface area contributed by atoms with Crippen molar-refractivity contribution < 1.29 is 9.53 Å². The van der Waals surface area contributed by atoms with E-state index in [1.165, 1.54) is 0 Å². The first kappa shape index (κ1) is 20.7. The lowest BCUT2D eigenvalue weighted by molar-refractivity contribution is -0.133. The molecule has 0 saturated carbocycles. The van der Waals surface area contributed by atoms with E-state index in [0.717, 1.165) is 29.0 Å². The van der Waals surface area contributed by atoms with Crippen LogP contribution in [0.5, 0.6) is 5.75 Å². The monoisotopic (exact) mass is 329 g/mol. The summed E-state index contributed by atoms with van der Waals surface area (Å²) >= 11 is 0. The number of hydrogen-bond acceptors (Lipinski definition) is 4. The zero-order chi connectivity index (χ0) is 16.2. The molecular weight excluding hydrogens is 302 g/mol. The van der Waals surface area contributed by atoms with E-state index < -0.39 is 6.04 Å². The molecule has 1 aromatic rings. The van der Waals surface area contributed by atoms with Crippen LogP contribution in [-0.4, -0.2) is 36.0 Å². The van der Waals surface area contributed by atoms with Gasteiger partial charge in [-0.05, 0) is 19.8 Å². The summed E-state index contributed by atoms with van der Waals surface area (Å²) in [7, 11) is 3.41. The molecule has 6 heteroatoms. The number of nitrogens with zero attached hydrogens (tertiary/aromatic N) is 2. The Bertz CT molecular complexity index is 508. The van der Waals surface area contributed by atoms with Gasteiger partial charge in [0.15, 0.2) is 0 Å². The SMILES string of the molecule is CCC(C)C(N)C(=O)N(C)Cc1ncc(C)c(OC)c1C.Cl. The van der Waals surface area contributed by atoms with Crippen molar-refractivity contribution in [1.29, 1.82) is 0 Å². The molecule has 1 amide bonds. The lowest BCUT2D eigenvalue weighted by Crippen LogP contribution is -2.45. The Balaban J connectivity index is 0.00000441. The molecule has 0 spiro atoms. The van der Waals surface area contributed by atoms with Crippen molar-refractivity contribution in [2.24, 2.45) is 11.7 Å². The Hall–Kier alpha value is -1.33. The van der Waals surface area contributed by atoms with Crippen molar-refractivity contribution in [1.82, 2.24) is 9.88 Å². The van der Waals surface area contributed by atoms with Crippen LogP contribution in [0.25, 0.3) is 0 Å². The Labute approximate surface area is 139 Å². The molecule has 0 bridgehead atoms. The van der Waals surface area contributed by atoms with Crippen LogP contribution < -0.4 is 10.5 Å². The molecule has 0 aliphatic carbocycles. The predicted octanol–water partition coefficient (Wildman–Crippen LogP) is 2.46. The van der Waals surface area contributed by atoms with E-state index in [9.17, 15) is 4.79 Å². The minimum atomic E-state index is -0.465. The molecule has 2 N–H and O–H groups in total. The average molecular weight is 330 g/mol. The standard InChI is InChI=1S/C16H27N3O2.ClH/c1-7-10(2)14(17)16(20)19(5)9-13-12(4)15(21-6)11(3)8-18-13;/h8,10,14H,7,9,17H2,1-6H3;1H. The fourth-order valence-corrected chi connectivity index (χ4v) is 2.28. The zero-order valence-electron chi connectivity index (χ0n) is 14.3. The summed E-state index contributed by atoms with van der Waals surface area (Å²) < 4.78 is 5.39. The van der Waals surface area contributed by atoms with Gasteiger partial charge in [0.2, 0.25) is 5.91 Å². The number of carbonyl (C=O) groups is 1. The fraction of sp³-hybridized carbons (Fsp3) is 0.625. The van der Waals surface area contributed by atoms with Crippen LogP contribution in [-0.2, 0) is 11.3 Å². The van der Waals surface area contributed by atoms with Crippen molar-refractivity contribution in [2.75, 3.05) is 14.2 Å². The van der Waals surface area contributed by atoms with Gasteiger partial charge in [-0.1, -0.05) is 20.3 Å². The Kier molecular flexibility index (Phi) is 8.41. The molecule has 5 nitrogen and oxygen atoms in total. The summed E-state index contributed by atoms with van der Waals surface area (Å²) in [5, 5.41) is 0. The number of methoxy groups -OCH3 is 1. The third-order valence-corrected chi connectivity index (χ3v) is 4.06. The van der Waals surface area contributed by atoms with Gasteiger partial charge in [0.25, 0.3) is 0 Å². The number of hydrogen-bond donors (Lipinski definition) is 1. The van der Waals surface area contributed by atoms with Crippen LogP contribution in [0.3, 0.4) is 0 Å². The predicted molar refractivity (Wildman–Crippen MR) is 91.4 cm³/mol. The van der Waals surface area contributed by atoms with Gasteiger partial charge in [0, 0.05) is 24.4 Å². The van der Waals surface area contributed by atoms with Gasteiger partial charge < -0.3 is 15.4 Å². The number of ether oxygens (including phenoxy) is 1. The molecule has 2 unspecified atom stereocenters. The van der Waals surface area contributed by atoms with Gasteiger partial charge in [-0.15, -0.1) is 12.4 Å². The lowest BCUT2D eigenvalue weighted by Gasteiger charge is -2.25. The normalized spacial score (nSPS) is 13.0. The second-order valence-electron chi connectivity index (χ2n) is 5.65. The maximum atomic E-state index is 12.3. The topological polar surface area (TPSA) is 68.5 Å². The number of pyridine rings is 1. The van der Waals surface area contributed by atoms with E-state index in [-0.39, 0.29) is 24.2 Å². The number of aromatic nitrogens is 1. The highest BCUT2D eigenvalue weighted by Gasteiger charge is 2.23. The van der Waals surface area contributed by atoms with Crippen LogP contribution in [0.1, 0.15) is 37.1 Å². The van der Waals surface area contributed by atoms with Crippen molar-refractivity contribution in [3.8, 4) is 5.75 Å². The summed E-state index contributed by atoms with van der Waals surface area (Å²) in [4.78, 5) is 18.4. The summed E-state index contributed by atoms with van der Waals surface area (Å²) in [5.41, 5.74) is 8.80. The van der Waals surface area contributed by atoms with Crippen molar-refractivity contribution in [3.05, 3.63) is 23.0 Å². The number of carbonyl (C=O) groups excluding carboxylic acids is 1. The maximum Gasteiger partial charge on any atom is 0.239 e. The molecule has 0 radical (unpaired) electrons. The molecular formula is C16H28ClN3O2. The quantitative estimate of drug-likeness (QED) is 0.870. The highest BCUT2D eigenvalue weighted by atomic mass is 35.5. The molecule has 1 heterocycles. The molecule has 126 valence electrons. The van der Waals surface area contributed by atoms with Crippen LogP contribution in [0.15, 0.2) is 6.20 Å². The third kappa shape index (κ3) is 4.58. The van der Waals surface area contributed by atoms with Crippen molar-refractivity contribution in [3.63, 3.8) is 0 Å². The molecule has 0 aliphatic rings. The molecule has 2 atom stereocenters. The second kappa shape index (κ2) is 8.96. The van der Waals surface area contributed by atoms with E-state index in [1.54, 1.807) is 25.3 Å². The molecule has 0 aromatic carbocycles. The van der Waals surface area contributed by atoms with Crippen LogP contribution in [0.4, 0.5) is 0 Å². The van der Waals surface area contributed by atoms with Gasteiger partial charge in [-0.3, -0.25) is 9.78 Å². The molecule has 1 aromatic heterocycles. The van der Waals surface area contributed by atoms with Crippen molar-refractivity contribution in [2.45, 2.75) is 46.7 Å². The van der Waals surface area contributed by atoms with E-state index >= 15 is 0 Å². The van der Waals surface area contributed by atoms with E-state index in [0.29, 0.717) is 6.54 Å². The Morgan fingerprint density at radius 2 is 2.05 bits per heavy atom. The number of amides is 1. The first-order valence-corrected chi connectivity index (χ1v) is 7.33. The third-order valence-electron chi connectivity index (χ3n) is 4.06. The lowest BCUT2D eigenvalue weighted by atomic mass is 9.99. The highest BCUT2D eigenvalue weighted by Crippen LogP contribution is 2.24. The van der Waals surface area contributed by atoms with Crippen LogP contribution in [0, 0.1) is 19.8 Å². The molecule has 0 saturated heterocycles. The Morgan fingerprint density at radius 3 is 2.55 bits per heavy atom. The number of halogens is 1. The van der Waals surface area contributed by atoms with E-state index in [4.69, 9.17) is 10.5 Å². The molecule has 1 rings (SSSR count). The summed E-state index contributed by atoms with van der Waals surface area (Å²) in [6.07, 6.45) is 2.66. The molecule has 0 fully saturated rings. The second-order valence-corrected chi connectivity index (χ2v) is 5.65. The summed E-state index contributed by atoms with van der Waals surface area (Å²) in [6.45, 7) is 8.38. The first-order valence-electron chi connectivity index (χ1n) is 7.33. The Morgan fingerprint density at radius 1 is 1.45 bits per heavy atom. The van der Waals surface area contributed by atoms with E-state index in [1.807, 2.05) is 27.7 Å². The number of aryl methyl sites for hydroxylation is 1. The largest absolute Gasteiger partial charge is 0.496 e. The molecule has 22 heavy (non-hydrogen) atoms. The zero-order valence-corrected chi connectivity index (χ0v) is 15.2.